The molecule has 164 valence electrons. The van der Waals surface area contributed by atoms with Crippen LogP contribution >= 0.6 is 0 Å². The molecule has 2 N–H and O–H groups in total. The van der Waals surface area contributed by atoms with Gasteiger partial charge in [0.1, 0.15) is 17.9 Å². The number of aromatic nitrogens is 2. The minimum absolute atomic E-state index is 0.303. The molecule has 1 aliphatic rings. The summed E-state index contributed by atoms with van der Waals surface area (Å²) in [6, 6.07) is 20.4. The smallest absolute Gasteiger partial charge is 0.232 e. The summed E-state index contributed by atoms with van der Waals surface area (Å²) in [6.45, 7) is 4.09. The predicted molar refractivity (Wildman–Crippen MR) is 127 cm³/mol. The summed E-state index contributed by atoms with van der Waals surface area (Å²) >= 11 is 0. The van der Waals surface area contributed by atoms with E-state index in [2.05, 4.69) is 44.5 Å². The van der Waals surface area contributed by atoms with Crippen molar-refractivity contribution < 1.29 is 9.52 Å². The Balaban J connectivity index is 1.46. The van der Waals surface area contributed by atoms with E-state index in [4.69, 9.17) is 4.42 Å². The molecule has 0 unspecified atom stereocenters. The van der Waals surface area contributed by atoms with E-state index in [1.54, 1.807) is 6.33 Å². The minimum atomic E-state index is 0.303. The van der Waals surface area contributed by atoms with Crippen LogP contribution in [0.1, 0.15) is 12.8 Å². The Morgan fingerprint density at radius 1 is 0.938 bits per heavy atom. The third-order valence-electron chi connectivity index (χ3n) is 6.27. The second-order valence-electron chi connectivity index (χ2n) is 8.34. The number of likely N-dealkylation sites (tertiary alicyclic amines) is 1. The molecule has 2 aromatic carbocycles. The molecule has 5 rings (SSSR count). The zero-order valence-electron chi connectivity index (χ0n) is 18.1. The molecule has 3 heterocycles. The number of furan rings is 1. The second-order valence-corrected chi connectivity index (χ2v) is 8.34. The number of anilines is 1. The Morgan fingerprint density at radius 3 is 2.31 bits per heavy atom. The van der Waals surface area contributed by atoms with E-state index in [-0.39, 0.29) is 0 Å². The highest BCUT2D eigenvalue weighted by atomic mass is 16.3. The van der Waals surface area contributed by atoms with Gasteiger partial charge in [0, 0.05) is 30.8 Å². The van der Waals surface area contributed by atoms with Crippen molar-refractivity contribution in [2.24, 2.45) is 5.92 Å². The number of hydrogen-bond acceptors (Lipinski definition) is 6. The molecule has 0 atom stereocenters. The molecule has 32 heavy (non-hydrogen) atoms. The van der Waals surface area contributed by atoms with E-state index in [1.807, 2.05) is 36.4 Å². The third kappa shape index (κ3) is 4.24. The predicted octanol–water partition coefficient (Wildman–Crippen LogP) is 4.67. The van der Waals surface area contributed by atoms with Crippen LogP contribution in [0.4, 0.5) is 5.82 Å². The third-order valence-corrected chi connectivity index (χ3v) is 6.27. The standard InChI is InChI=1S/C26H28N4O2/c31-17-19-11-14-30(15-12-19)16-13-27-25-23-22(20-7-3-1-4-8-20)24(21-9-5-2-6-10-21)32-26(23)29-18-28-25/h1-10,18-19,31H,11-17H2,(H,27,28,29). The number of fused-ring (bicyclic) bond motifs is 1. The highest BCUT2D eigenvalue weighted by Crippen LogP contribution is 2.42. The van der Waals surface area contributed by atoms with Crippen molar-refractivity contribution in [3.05, 3.63) is 67.0 Å². The normalized spacial score (nSPS) is 15.3. The van der Waals surface area contributed by atoms with Crippen molar-refractivity contribution in [2.45, 2.75) is 12.8 Å². The van der Waals surface area contributed by atoms with Crippen LogP contribution in [0.15, 0.2) is 71.4 Å². The second kappa shape index (κ2) is 9.51. The summed E-state index contributed by atoms with van der Waals surface area (Å²) in [5.41, 5.74) is 3.69. The lowest BCUT2D eigenvalue weighted by molar-refractivity contribution is 0.134. The van der Waals surface area contributed by atoms with E-state index in [0.29, 0.717) is 18.2 Å². The maximum Gasteiger partial charge on any atom is 0.232 e. The summed E-state index contributed by atoms with van der Waals surface area (Å²) in [5, 5.41) is 13.8. The van der Waals surface area contributed by atoms with Crippen LogP contribution in [0.5, 0.6) is 0 Å². The first-order valence-corrected chi connectivity index (χ1v) is 11.3. The molecule has 0 aliphatic carbocycles. The van der Waals surface area contributed by atoms with Crippen molar-refractivity contribution in [3.8, 4) is 22.5 Å². The lowest BCUT2D eigenvalue weighted by Crippen LogP contribution is -2.37. The highest BCUT2D eigenvalue weighted by Gasteiger charge is 2.22. The van der Waals surface area contributed by atoms with Gasteiger partial charge in [0.2, 0.25) is 5.71 Å². The molecule has 1 aliphatic heterocycles. The van der Waals surface area contributed by atoms with Crippen LogP contribution in [-0.4, -0.2) is 52.8 Å². The largest absolute Gasteiger partial charge is 0.437 e. The van der Waals surface area contributed by atoms with Crippen molar-refractivity contribution in [2.75, 3.05) is 38.1 Å². The molecule has 0 spiro atoms. The SMILES string of the molecule is OCC1CCN(CCNc2ncnc3oc(-c4ccccc4)c(-c4ccccc4)c23)CC1. The van der Waals surface area contributed by atoms with Crippen LogP contribution in [0.2, 0.25) is 0 Å². The summed E-state index contributed by atoms with van der Waals surface area (Å²) in [5.74, 6) is 2.06. The van der Waals surface area contributed by atoms with Gasteiger partial charge in [-0.05, 0) is 37.4 Å². The molecule has 0 amide bonds. The van der Waals surface area contributed by atoms with Gasteiger partial charge in [-0.25, -0.2) is 9.97 Å². The average molecular weight is 429 g/mol. The molecule has 2 aromatic heterocycles. The summed E-state index contributed by atoms with van der Waals surface area (Å²) in [6.07, 6.45) is 3.69. The Morgan fingerprint density at radius 2 is 1.62 bits per heavy atom. The Labute approximate surface area is 187 Å². The van der Waals surface area contributed by atoms with Crippen LogP contribution < -0.4 is 5.32 Å². The fraction of sp³-hybridized carbons (Fsp3) is 0.308. The number of nitrogens with one attached hydrogen (secondary N) is 1. The monoisotopic (exact) mass is 428 g/mol. The maximum atomic E-state index is 9.35. The van der Waals surface area contributed by atoms with Crippen molar-refractivity contribution in [1.82, 2.24) is 14.9 Å². The maximum absolute atomic E-state index is 9.35. The van der Waals surface area contributed by atoms with Gasteiger partial charge in [0.25, 0.3) is 0 Å². The Hall–Kier alpha value is -3.22. The minimum Gasteiger partial charge on any atom is -0.437 e. The zero-order chi connectivity index (χ0) is 21.8. The lowest BCUT2D eigenvalue weighted by atomic mass is 9.98. The van der Waals surface area contributed by atoms with Gasteiger partial charge in [-0.3, -0.25) is 0 Å². The van der Waals surface area contributed by atoms with Gasteiger partial charge in [-0.15, -0.1) is 0 Å². The lowest BCUT2D eigenvalue weighted by Gasteiger charge is -2.31. The van der Waals surface area contributed by atoms with E-state index >= 15 is 0 Å². The van der Waals surface area contributed by atoms with Crippen LogP contribution in [-0.2, 0) is 0 Å². The average Bonchev–Trinajstić information content (AvgIpc) is 3.26. The highest BCUT2D eigenvalue weighted by molar-refractivity contribution is 6.05. The molecule has 1 saturated heterocycles. The molecule has 0 saturated carbocycles. The van der Waals surface area contributed by atoms with E-state index < -0.39 is 0 Å². The quantitative estimate of drug-likeness (QED) is 0.445. The van der Waals surface area contributed by atoms with Gasteiger partial charge in [0.05, 0.1) is 5.39 Å². The first-order valence-electron chi connectivity index (χ1n) is 11.3. The van der Waals surface area contributed by atoms with Crippen molar-refractivity contribution in [1.29, 1.82) is 0 Å². The Kier molecular flexibility index (Phi) is 6.14. The van der Waals surface area contributed by atoms with Gasteiger partial charge in [-0.2, -0.15) is 0 Å². The van der Waals surface area contributed by atoms with Crippen LogP contribution in [0.3, 0.4) is 0 Å². The molecule has 4 aromatic rings. The van der Waals surface area contributed by atoms with Crippen molar-refractivity contribution >= 4 is 16.9 Å². The zero-order valence-corrected chi connectivity index (χ0v) is 18.1. The van der Waals surface area contributed by atoms with Crippen LogP contribution in [0.25, 0.3) is 33.6 Å². The van der Waals surface area contributed by atoms with E-state index in [0.717, 1.165) is 72.7 Å². The summed E-state index contributed by atoms with van der Waals surface area (Å²) in [7, 11) is 0. The summed E-state index contributed by atoms with van der Waals surface area (Å²) < 4.78 is 6.28. The molecule has 6 nitrogen and oxygen atoms in total. The topological polar surface area (TPSA) is 74.4 Å². The number of piperidine rings is 1. The van der Waals surface area contributed by atoms with Gasteiger partial charge in [0.15, 0.2) is 0 Å². The van der Waals surface area contributed by atoms with Crippen molar-refractivity contribution in [3.63, 3.8) is 0 Å². The van der Waals surface area contributed by atoms with Gasteiger partial charge < -0.3 is 19.7 Å². The Bertz CT molecular complexity index is 1150. The first kappa shape index (κ1) is 20.7. The number of rotatable bonds is 7. The number of benzene rings is 2. The summed E-state index contributed by atoms with van der Waals surface area (Å²) in [4.78, 5) is 11.5. The molecular weight excluding hydrogens is 400 g/mol. The van der Waals surface area contributed by atoms with Gasteiger partial charge in [-0.1, -0.05) is 60.7 Å². The molecule has 0 radical (unpaired) electrons. The van der Waals surface area contributed by atoms with E-state index in [1.165, 1.54) is 0 Å². The molecule has 1 fully saturated rings. The number of hydrogen-bond donors (Lipinski definition) is 2. The van der Waals surface area contributed by atoms with Crippen LogP contribution in [0, 0.1) is 5.92 Å². The van der Waals surface area contributed by atoms with E-state index in [9.17, 15) is 5.11 Å². The number of nitrogens with zero attached hydrogens (tertiary/aromatic N) is 3. The number of aliphatic hydroxyl groups excluding tert-OH is 1. The molecule has 0 bridgehead atoms. The fourth-order valence-corrected chi connectivity index (χ4v) is 4.47. The molecular formula is C26H28N4O2. The number of aliphatic hydroxyl groups is 1. The fourth-order valence-electron chi connectivity index (χ4n) is 4.47. The first-order chi connectivity index (χ1) is 15.8. The molecule has 6 heteroatoms. The van der Waals surface area contributed by atoms with Gasteiger partial charge >= 0.3 is 0 Å².